The fraction of sp³-hybridized carbons (Fsp3) is 0.462. The summed E-state index contributed by atoms with van der Waals surface area (Å²) in [5, 5.41) is 20.6. The average Bonchev–Trinajstić information content (AvgIpc) is 3.59. The first-order chi connectivity index (χ1) is 27.5. The minimum absolute atomic E-state index is 0.0186. The molecule has 0 aliphatic heterocycles. The van der Waals surface area contributed by atoms with Crippen molar-refractivity contribution in [1.82, 2.24) is 31.2 Å². The van der Waals surface area contributed by atoms with Crippen molar-refractivity contribution in [2.24, 2.45) is 0 Å². The molecule has 3 rings (SSSR count). The maximum Gasteiger partial charge on any atom is 0.446 e. The smallest absolute Gasteiger partial charge is 0.446 e. The Labute approximate surface area is 336 Å². The number of carbonyl (C=O) groups excluding carboxylic acids is 6. The van der Waals surface area contributed by atoms with Gasteiger partial charge in [0.2, 0.25) is 35.8 Å². The molecular formula is C39H51N6O12S. The van der Waals surface area contributed by atoms with Crippen molar-refractivity contribution >= 4 is 63.1 Å². The number of aliphatic carboxylic acids is 1. The fourth-order valence-corrected chi connectivity index (χ4v) is 6.42. The molecule has 0 unspecified atom stereocenters. The van der Waals surface area contributed by atoms with Crippen LogP contribution in [0.3, 0.4) is 0 Å². The summed E-state index contributed by atoms with van der Waals surface area (Å²) in [6.07, 6.45) is 5.67. The monoisotopic (exact) mass is 827 g/mol. The molecule has 0 aliphatic rings. The number of likely N-dealkylation sites (N-methyl/N-ethyl adjacent to an activating group) is 1. The van der Waals surface area contributed by atoms with E-state index in [0.717, 1.165) is 15.8 Å². The molecule has 1 heterocycles. The van der Waals surface area contributed by atoms with E-state index in [0.29, 0.717) is 36.8 Å². The quantitative estimate of drug-likeness (QED) is 0.0604. The number of H-pyrrole nitrogens is 1. The topological polar surface area (TPSA) is 270 Å². The fourth-order valence-electron chi connectivity index (χ4n) is 6.06. The number of para-hydroxylation sites is 1. The number of amides is 5. The lowest BCUT2D eigenvalue weighted by molar-refractivity contribution is -0.141. The van der Waals surface area contributed by atoms with Crippen LogP contribution in [0.4, 0.5) is 0 Å². The molecule has 5 amide bonds. The van der Waals surface area contributed by atoms with Crippen LogP contribution in [0.25, 0.3) is 10.9 Å². The number of rotatable bonds is 25. The van der Waals surface area contributed by atoms with Crippen molar-refractivity contribution in [2.45, 2.75) is 102 Å². The third-order valence-corrected chi connectivity index (χ3v) is 9.62. The average molecular weight is 828 g/mol. The van der Waals surface area contributed by atoms with Gasteiger partial charge in [-0.2, -0.15) is 8.42 Å². The molecule has 18 nitrogen and oxygen atoms in total. The summed E-state index contributed by atoms with van der Waals surface area (Å²) in [4.78, 5) is 93.9. The molecule has 4 atom stereocenters. The summed E-state index contributed by atoms with van der Waals surface area (Å²) in [5.41, 5.74) is 2.12. The number of carboxylic acids is 1. The third-order valence-electron chi connectivity index (χ3n) is 9.22. The molecule has 0 spiro atoms. The number of aromatic nitrogens is 1. The molecule has 2 aromatic carbocycles. The van der Waals surface area contributed by atoms with Gasteiger partial charge in [-0.3, -0.25) is 38.1 Å². The Bertz CT molecular complexity index is 2000. The van der Waals surface area contributed by atoms with Crippen LogP contribution in [0.2, 0.25) is 0 Å². The molecule has 0 bridgehead atoms. The zero-order valence-corrected chi connectivity index (χ0v) is 33.4. The second-order valence-corrected chi connectivity index (χ2v) is 14.7. The van der Waals surface area contributed by atoms with Gasteiger partial charge in [0.05, 0.1) is 13.0 Å². The van der Waals surface area contributed by atoms with E-state index in [9.17, 15) is 47.1 Å². The number of nitrogens with one attached hydrogen (secondary N) is 5. The standard InChI is InChI=1S/C39H51N6O12S/c1-4-6-11-31(42-34(47)19-16-25-14-17-28(18-15-25)57-58(54,55)56)37(51)41-23-35(48)43-33(20-26-22-40-30-13-9-8-10-29(26)30)38(52)44-32(12-7-5-2)39(53)45(3)27(24-46)21-36(49)50/h8-10,13-15,17-18,22,27,31-33,40H,4-7,11-12,16,19-21,23H2,1-3H3,(H,41,51)(H,42,47)(H,43,48)(H,44,52)(H,49,50)(H,54,55,56)/t27-,31-,32-,33-/m0/s1. The van der Waals surface area contributed by atoms with Gasteiger partial charge in [0, 0.05) is 37.0 Å². The Hall–Kier alpha value is -5.82. The summed E-state index contributed by atoms with van der Waals surface area (Å²) >= 11 is 0. The van der Waals surface area contributed by atoms with Crippen LogP contribution in [-0.2, 0) is 56.8 Å². The van der Waals surface area contributed by atoms with Gasteiger partial charge in [0.1, 0.15) is 29.9 Å². The minimum atomic E-state index is -4.69. The van der Waals surface area contributed by atoms with E-state index in [1.54, 1.807) is 12.5 Å². The SMILES string of the molecule is CCCC[C@H](NC(=O)CCc1ccc(OS(=O)(=O)O)cc1)C(=O)NCC(=O)N[C@@H](Cc1c[nH]c2ccccc12)C(=O)N[C@@H](CCCC)C(=O)N(C)[C@H]([C]=O)CC(=O)O. The van der Waals surface area contributed by atoms with E-state index in [1.165, 1.54) is 31.3 Å². The zero-order valence-electron chi connectivity index (χ0n) is 32.6. The summed E-state index contributed by atoms with van der Waals surface area (Å²) < 4.78 is 35.0. The van der Waals surface area contributed by atoms with Gasteiger partial charge in [-0.25, -0.2) is 0 Å². The lowest BCUT2D eigenvalue weighted by Crippen LogP contribution is -2.57. The number of hydrogen-bond donors (Lipinski definition) is 7. The molecule has 0 fully saturated rings. The summed E-state index contributed by atoms with van der Waals surface area (Å²) in [7, 11) is -3.43. The second kappa shape index (κ2) is 22.8. The number of carbonyl (C=O) groups is 6. The zero-order chi connectivity index (χ0) is 42.8. The molecule has 315 valence electrons. The van der Waals surface area contributed by atoms with Crippen LogP contribution in [0.15, 0.2) is 54.7 Å². The number of fused-ring (bicyclic) bond motifs is 1. The Morgan fingerprint density at radius 2 is 1.50 bits per heavy atom. The van der Waals surface area contributed by atoms with Crippen molar-refractivity contribution in [3.8, 4) is 5.75 Å². The Kier molecular flexibility index (Phi) is 18.3. The van der Waals surface area contributed by atoms with Gasteiger partial charge >= 0.3 is 16.4 Å². The highest BCUT2D eigenvalue weighted by molar-refractivity contribution is 7.81. The second-order valence-electron chi connectivity index (χ2n) is 13.7. The van der Waals surface area contributed by atoms with Gasteiger partial charge in [-0.05, 0) is 48.6 Å². The van der Waals surface area contributed by atoms with Gasteiger partial charge in [-0.1, -0.05) is 69.9 Å². The highest BCUT2D eigenvalue weighted by Gasteiger charge is 2.32. The molecule has 19 heteroatoms. The maximum absolute atomic E-state index is 13.9. The Morgan fingerprint density at radius 1 is 0.862 bits per heavy atom. The van der Waals surface area contributed by atoms with Crippen LogP contribution >= 0.6 is 0 Å². The highest BCUT2D eigenvalue weighted by Crippen LogP contribution is 2.20. The lowest BCUT2D eigenvalue weighted by atomic mass is 10.0. The molecule has 0 saturated heterocycles. The van der Waals surface area contributed by atoms with Crippen LogP contribution in [0.5, 0.6) is 5.75 Å². The number of carboxylic acid groups (broad SMARTS) is 1. The van der Waals surface area contributed by atoms with E-state index in [4.69, 9.17) is 4.55 Å². The van der Waals surface area contributed by atoms with Crippen molar-refractivity contribution in [3.05, 3.63) is 65.9 Å². The summed E-state index contributed by atoms with van der Waals surface area (Å²) in [5.74, 6) is -4.67. The molecule has 1 aromatic heterocycles. The molecular weight excluding hydrogens is 777 g/mol. The van der Waals surface area contributed by atoms with E-state index < -0.39 is 83.0 Å². The third kappa shape index (κ3) is 15.3. The normalized spacial score (nSPS) is 13.3. The number of aryl methyl sites for hydroxylation is 1. The van der Waals surface area contributed by atoms with E-state index in [1.807, 2.05) is 38.1 Å². The minimum Gasteiger partial charge on any atom is -0.481 e. The highest BCUT2D eigenvalue weighted by atomic mass is 32.3. The van der Waals surface area contributed by atoms with Gasteiger partial charge in [0.15, 0.2) is 0 Å². The number of hydrogen-bond acceptors (Lipinski definition) is 10. The van der Waals surface area contributed by atoms with Gasteiger partial charge in [0.25, 0.3) is 0 Å². The van der Waals surface area contributed by atoms with Gasteiger partial charge in [-0.15, -0.1) is 0 Å². The molecule has 0 saturated carbocycles. The van der Waals surface area contributed by atoms with Crippen molar-refractivity contribution in [1.29, 1.82) is 0 Å². The van der Waals surface area contributed by atoms with Crippen LogP contribution in [0.1, 0.15) is 76.3 Å². The molecule has 7 N–H and O–H groups in total. The lowest BCUT2D eigenvalue weighted by Gasteiger charge is -2.29. The van der Waals surface area contributed by atoms with Crippen molar-refractivity contribution in [3.63, 3.8) is 0 Å². The number of aromatic amines is 1. The molecule has 58 heavy (non-hydrogen) atoms. The van der Waals surface area contributed by atoms with E-state index in [2.05, 4.69) is 30.4 Å². The number of unbranched alkanes of at least 4 members (excludes halogenated alkanes) is 2. The van der Waals surface area contributed by atoms with Crippen molar-refractivity contribution in [2.75, 3.05) is 13.6 Å². The number of nitrogens with zero attached hydrogens (tertiary/aromatic N) is 1. The predicted molar refractivity (Wildman–Crippen MR) is 211 cm³/mol. The van der Waals surface area contributed by atoms with E-state index >= 15 is 0 Å². The molecule has 3 aromatic rings. The predicted octanol–water partition coefficient (Wildman–Crippen LogP) is 1.89. The Morgan fingerprint density at radius 3 is 2.12 bits per heavy atom. The first-order valence-electron chi connectivity index (χ1n) is 18.9. The Balaban J connectivity index is 1.71. The van der Waals surface area contributed by atoms with Crippen LogP contribution < -0.4 is 25.5 Å². The number of benzene rings is 2. The maximum atomic E-state index is 13.9. The summed E-state index contributed by atoms with van der Waals surface area (Å²) in [6.45, 7) is 3.23. The van der Waals surface area contributed by atoms with Crippen molar-refractivity contribution < 1.29 is 55.8 Å². The van der Waals surface area contributed by atoms with Crippen LogP contribution in [-0.4, -0.2) is 108 Å². The first kappa shape index (κ1) is 46.6. The van der Waals surface area contributed by atoms with E-state index in [-0.39, 0.29) is 37.9 Å². The summed E-state index contributed by atoms with van der Waals surface area (Å²) in [6, 6.07) is 8.20. The van der Waals surface area contributed by atoms with Gasteiger partial charge < -0.3 is 40.4 Å². The largest absolute Gasteiger partial charge is 0.481 e. The first-order valence-corrected chi connectivity index (χ1v) is 20.2. The van der Waals surface area contributed by atoms with Crippen LogP contribution in [0, 0.1) is 0 Å². The molecule has 0 aliphatic carbocycles. The molecule has 1 radical (unpaired) electrons.